The minimum atomic E-state index is 0.600. The molecule has 3 heterocycles. The second kappa shape index (κ2) is 15.4. The molecule has 13 rings (SSSR count). The van der Waals surface area contributed by atoms with Gasteiger partial charge in [0.25, 0.3) is 0 Å². The van der Waals surface area contributed by atoms with Gasteiger partial charge in [0.05, 0.1) is 11.0 Å². The maximum absolute atomic E-state index is 6.29. The number of rotatable bonds is 7. The van der Waals surface area contributed by atoms with Gasteiger partial charge < -0.3 is 8.98 Å². The number of hydrogen-bond acceptors (Lipinski definition) is 4. The first kappa shape index (κ1) is 37.6. The predicted octanol–water partition coefficient (Wildman–Crippen LogP) is 16.0. The Bertz CT molecular complexity index is 3990. The van der Waals surface area contributed by atoms with Gasteiger partial charge in [0.1, 0.15) is 11.2 Å². The van der Waals surface area contributed by atoms with E-state index >= 15 is 0 Å². The fraction of sp³-hybridized carbons (Fsp3) is 0. The molecule has 10 aromatic carbocycles. The normalized spacial score (nSPS) is 11.6. The molecule has 0 aliphatic carbocycles. The van der Waals surface area contributed by atoms with Crippen LogP contribution in [0.15, 0.2) is 235 Å². The Morgan fingerprint density at radius 1 is 0.303 bits per heavy atom. The molecule has 0 fully saturated rings. The molecular weight excluding hydrogens is 805 g/mol. The first-order valence-electron chi connectivity index (χ1n) is 22.3. The maximum atomic E-state index is 6.29. The molecule has 5 nitrogen and oxygen atoms in total. The molecule has 0 amide bonds. The zero-order chi connectivity index (χ0) is 43.6. The predicted molar refractivity (Wildman–Crippen MR) is 272 cm³/mol. The lowest BCUT2D eigenvalue weighted by Crippen LogP contribution is -2.02. The lowest BCUT2D eigenvalue weighted by atomic mass is 9.94. The van der Waals surface area contributed by atoms with Crippen molar-refractivity contribution in [1.82, 2.24) is 19.5 Å². The van der Waals surface area contributed by atoms with E-state index in [1.807, 2.05) is 18.2 Å². The Balaban J connectivity index is 1.07. The van der Waals surface area contributed by atoms with E-state index in [0.717, 1.165) is 110 Å². The molecule has 13 aromatic rings. The number of hydrogen-bond donors (Lipinski definition) is 0. The van der Waals surface area contributed by atoms with Crippen LogP contribution in [0.1, 0.15) is 0 Å². The molecule has 5 heteroatoms. The summed E-state index contributed by atoms with van der Waals surface area (Å²) in [7, 11) is 0. The Kier molecular flexibility index (Phi) is 8.78. The van der Waals surface area contributed by atoms with Gasteiger partial charge in [-0.2, -0.15) is 0 Å². The van der Waals surface area contributed by atoms with Crippen molar-refractivity contribution in [2.75, 3.05) is 0 Å². The van der Waals surface area contributed by atoms with E-state index in [0.29, 0.717) is 17.5 Å². The molecule has 66 heavy (non-hydrogen) atoms. The molecule has 0 radical (unpaired) electrons. The van der Waals surface area contributed by atoms with E-state index in [1.54, 1.807) is 0 Å². The van der Waals surface area contributed by atoms with Crippen LogP contribution in [0.2, 0.25) is 0 Å². The van der Waals surface area contributed by atoms with Crippen LogP contribution in [-0.4, -0.2) is 19.5 Å². The van der Waals surface area contributed by atoms with Crippen molar-refractivity contribution in [3.63, 3.8) is 0 Å². The quantitative estimate of drug-likeness (QED) is 0.160. The molecule has 308 valence electrons. The van der Waals surface area contributed by atoms with Gasteiger partial charge in [0.15, 0.2) is 17.5 Å². The minimum Gasteiger partial charge on any atom is -0.456 e. The van der Waals surface area contributed by atoms with Gasteiger partial charge in [0, 0.05) is 43.9 Å². The summed E-state index contributed by atoms with van der Waals surface area (Å²) in [4.78, 5) is 16.5. The van der Waals surface area contributed by atoms with Gasteiger partial charge in [0.2, 0.25) is 0 Å². The highest BCUT2D eigenvalue weighted by Crippen LogP contribution is 2.42. The second-order valence-electron chi connectivity index (χ2n) is 16.7. The van der Waals surface area contributed by atoms with Crippen LogP contribution in [0.4, 0.5) is 0 Å². The summed E-state index contributed by atoms with van der Waals surface area (Å²) >= 11 is 0. The van der Waals surface area contributed by atoms with Gasteiger partial charge in [-0.15, -0.1) is 0 Å². The van der Waals surface area contributed by atoms with E-state index < -0.39 is 0 Å². The summed E-state index contributed by atoms with van der Waals surface area (Å²) < 4.78 is 8.63. The standard InChI is InChI=1S/C61H38N4O/c1-4-17-39(18-5-1)41-33-35-45(40-19-6-2-7-20-40)52(38-41)61-63-59(62-60(64-61)51-28-15-30-54-57(51)49-24-10-12-29-53(49)65(54)44-22-8-3-9-23-44)48-27-14-21-42-37-43(34-36-46(42)48)47-26-16-32-56-58(47)50-25-11-13-31-55(50)66-56/h1-38H. The average Bonchev–Trinajstić information content (AvgIpc) is 3.95. The fourth-order valence-electron chi connectivity index (χ4n) is 9.87. The van der Waals surface area contributed by atoms with Crippen LogP contribution in [0.3, 0.4) is 0 Å². The first-order valence-corrected chi connectivity index (χ1v) is 22.3. The molecule has 0 aliphatic rings. The molecule has 0 bridgehead atoms. The second-order valence-corrected chi connectivity index (χ2v) is 16.7. The number of para-hydroxylation sites is 3. The lowest BCUT2D eigenvalue weighted by Gasteiger charge is -2.15. The van der Waals surface area contributed by atoms with Gasteiger partial charge in [-0.3, -0.25) is 0 Å². The first-order chi connectivity index (χ1) is 32.7. The number of furan rings is 1. The zero-order valence-electron chi connectivity index (χ0n) is 35.6. The van der Waals surface area contributed by atoms with Gasteiger partial charge in [-0.25, -0.2) is 15.0 Å². The third-order valence-electron chi connectivity index (χ3n) is 12.9. The average molecular weight is 843 g/mol. The molecule has 0 atom stereocenters. The van der Waals surface area contributed by atoms with E-state index in [9.17, 15) is 0 Å². The summed E-state index contributed by atoms with van der Waals surface area (Å²) in [6.07, 6.45) is 0. The molecule has 3 aromatic heterocycles. The summed E-state index contributed by atoms with van der Waals surface area (Å²) in [5.41, 5.74) is 14.4. The smallest absolute Gasteiger partial charge is 0.164 e. The molecular formula is C61H38N4O. The maximum Gasteiger partial charge on any atom is 0.164 e. The highest BCUT2D eigenvalue weighted by molar-refractivity contribution is 6.16. The van der Waals surface area contributed by atoms with Crippen LogP contribution in [0.5, 0.6) is 0 Å². The SMILES string of the molecule is c1ccc(-c2ccc(-c3ccccc3)c(-c3nc(-c4cccc5cc(-c6cccc7oc8ccccc8c67)ccc45)nc(-c4cccc5c4c4ccccc4n5-c4ccccc4)n3)c2)cc1. The molecule has 0 aliphatic heterocycles. The van der Waals surface area contributed by atoms with Crippen molar-refractivity contribution >= 4 is 54.5 Å². The summed E-state index contributed by atoms with van der Waals surface area (Å²) in [5.74, 6) is 1.81. The Labute approximate surface area is 380 Å². The Morgan fingerprint density at radius 3 is 1.71 bits per heavy atom. The van der Waals surface area contributed by atoms with E-state index in [4.69, 9.17) is 19.4 Å². The van der Waals surface area contributed by atoms with E-state index in [-0.39, 0.29) is 0 Å². The van der Waals surface area contributed by atoms with Crippen molar-refractivity contribution < 1.29 is 4.42 Å². The number of fused-ring (bicyclic) bond motifs is 7. The molecule has 0 saturated carbocycles. The van der Waals surface area contributed by atoms with Crippen LogP contribution in [-0.2, 0) is 0 Å². The highest BCUT2D eigenvalue weighted by atomic mass is 16.3. The topological polar surface area (TPSA) is 56.7 Å². The third kappa shape index (κ3) is 6.21. The molecule has 0 saturated heterocycles. The van der Waals surface area contributed by atoms with Crippen molar-refractivity contribution in [1.29, 1.82) is 0 Å². The van der Waals surface area contributed by atoms with Crippen molar-refractivity contribution in [2.45, 2.75) is 0 Å². The molecule has 0 unspecified atom stereocenters. The summed E-state index contributed by atoms with van der Waals surface area (Å²) in [5, 5.41) is 6.58. The zero-order valence-corrected chi connectivity index (χ0v) is 35.6. The monoisotopic (exact) mass is 842 g/mol. The van der Waals surface area contributed by atoms with Crippen LogP contribution in [0, 0.1) is 0 Å². The van der Waals surface area contributed by atoms with E-state index in [1.165, 1.54) is 0 Å². The highest BCUT2D eigenvalue weighted by Gasteiger charge is 2.22. The van der Waals surface area contributed by atoms with Gasteiger partial charge >= 0.3 is 0 Å². The summed E-state index contributed by atoms with van der Waals surface area (Å²) in [6.45, 7) is 0. The van der Waals surface area contributed by atoms with Gasteiger partial charge in [-0.1, -0.05) is 182 Å². The van der Waals surface area contributed by atoms with E-state index in [2.05, 4.69) is 217 Å². The van der Waals surface area contributed by atoms with Crippen molar-refractivity contribution in [3.8, 4) is 73.2 Å². The lowest BCUT2D eigenvalue weighted by molar-refractivity contribution is 0.669. The van der Waals surface area contributed by atoms with Crippen molar-refractivity contribution in [3.05, 3.63) is 231 Å². The summed E-state index contributed by atoms with van der Waals surface area (Å²) in [6, 6.07) is 81.0. The van der Waals surface area contributed by atoms with Crippen LogP contribution < -0.4 is 0 Å². The number of nitrogens with zero attached hydrogens (tertiary/aromatic N) is 4. The molecule has 0 spiro atoms. The largest absolute Gasteiger partial charge is 0.456 e. The van der Waals surface area contributed by atoms with Crippen LogP contribution in [0.25, 0.3) is 128 Å². The van der Waals surface area contributed by atoms with Crippen molar-refractivity contribution in [2.24, 2.45) is 0 Å². The molecule has 0 N–H and O–H groups in total. The minimum absolute atomic E-state index is 0.600. The third-order valence-corrected chi connectivity index (χ3v) is 12.9. The fourth-order valence-corrected chi connectivity index (χ4v) is 9.87. The Morgan fingerprint density at radius 2 is 0.894 bits per heavy atom. The van der Waals surface area contributed by atoms with Gasteiger partial charge in [-0.05, 0) is 92.7 Å². The number of aromatic nitrogens is 4. The Hall–Kier alpha value is -8.93. The van der Waals surface area contributed by atoms with Crippen LogP contribution >= 0.6 is 0 Å². The number of benzene rings is 10.